The summed E-state index contributed by atoms with van der Waals surface area (Å²) in [5.74, 6) is 0. The maximum atomic E-state index is 8.48. The Morgan fingerprint density at radius 3 is 3.17 bits per heavy atom. The van der Waals surface area contributed by atoms with Crippen molar-refractivity contribution in [3.8, 4) is 6.07 Å². The Labute approximate surface area is 76.8 Å². The Hall–Kier alpha value is -0.850. The van der Waals surface area contributed by atoms with Gasteiger partial charge in [0.25, 0.3) is 0 Å². The molecule has 0 radical (unpaired) electrons. The highest BCUT2D eigenvalue weighted by atomic mass is 32.1. The van der Waals surface area contributed by atoms with E-state index in [1.54, 1.807) is 11.3 Å². The van der Waals surface area contributed by atoms with E-state index in [0.29, 0.717) is 0 Å². The summed E-state index contributed by atoms with van der Waals surface area (Å²) in [5, 5.41) is 13.7. The van der Waals surface area contributed by atoms with E-state index in [4.69, 9.17) is 5.26 Å². The minimum absolute atomic E-state index is 0.0371. The predicted molar refractivity (Wildman–Crippen MR) is 51.1 cm³/mol. The van der Waals surface area contributed by atoms with E-state index in [1.165, 1.54) is 4.88 Å². The summed E-state index contributed by atoms with van der Waals surface area (Å²) in [7, 11) is 0. The van der Waals surface area contributed by atoms with E-state index in [-0.39, 0.29) is 6.04 Å². The number of nitrogens with zero attached hydrogens (tertiary/aromatic N) is 1. The molecule has 0 saturated heterocycles. The van der Waals surface area contributed by atoms with Crippen molar-refractivity contribution >= 4 is 11.3 Å². The van der Waals surface area contributed by atoms with Crippen LogP contribution in [0.5, 0.6) is 0 Å². The second-order valence-corrected chi connectivity index (χ2v) is 3.67. The van der Waals surface area contributed by atoms with Crippen LogP contribution in [0.2, 0.25) is 0 Å². The molecule has 0 amide bonds. The predicted octanol–water partition coefficient (Wildman–Crippen LogP) is 1.79. The Morgan fingerprint density at radius 2 is 2.58 bits per heavy atom. The van der Waals surface area contributed by atoms with Gasteiger partial charge in [-0.3, -0.25) is 0 Å². The number of thiophene rings is 1. The maximum absolute atomic E-state index is 8.48. The molecule has 1 heterocycles. The molecular weight excluding hydrogens is 168 g/mol. The minimum Gasteiger partial charge on any atom is -0.302 e. The molecule has 2 nitrogen and oxygen atoms in total. The van der Waals surface area contributed by atoms with Crippen molar-refractivity contribution in [1.82, 2.24) is 5.32 Å². The smallest absolute Gasteiger partial charge is 0.0924 e. The third-order valence-electron chi connectivity index (χ3n) is 1.60. The van der Waals surface area contributed by atoms with Crippen LogP contribution in [-0.2, 0) is 6.42 Å². The van der Waals surface area contributed by atoms with Crippen molar-refractivity contribution in [3.63, 3.8) is 0 Å². The average molecular weight is 180 g/mol. The molecule has 0 spiro atoms. The number of hydrogen-bond acceptors (Lipinski definition) is 3. The standard InChI is InChI=1S/C9H12N2S/c1-8(7-10)11-5-4-9-3-2-6-12-9/h2-3,6,8,11H,4-5H2,1H3. The van der Waals surface area contributed by atoms with Gasteiger partial charge in [-0.25, -0.2) is 0 Å². The largest absolute Gasteiger partial charge is 0.302 e. The molecule has 12 heavy (non-hydrogen) atoms. The molecule has 1 atom stereocenters. The van der Waals surface area contributed by atoms with Gasteiger partial charge in [-0.15, -0.1) is 11.3 Å². The molecule has 1 aromatic heterocycles. The molecule has 0 aliphatic carbocycles. The number of rotatable bonds is 4. The molecule has 64 valence electrons. The van der Waals surface area contributed by atoms with Crippen molar-refractivity contribution in [1.29, 1.82) is 5.26 Å². The van der Waals surface area contributed by atoms with Gasteiger partial charge < -0.3 is 5.32 Å². The first-order valence-electron chi connectivity index (χ1n) is 3.98. The fraction of sp³-hybridized carbons (Fsp3) is 0.444. The molecule has 0 fully saturated rings. The van der Waals surface area contributed by atoms with E-state index in [0.717, 1.165) is 13.0 Å². The van der Waals surface area contributed by atoms with Crippen molar-refractivity contribution < 1.29 is 0 Å². The molecule has 0 saturated carbocycles. The summed E-state index contributed by atoms with van der Waals surface area (Å²) in [6.07, 6.45) is 1.02. The van der Waals surface area contributed by atoms with Gasteiger partial charge in [0.1, 0.15) is 0 Å². The summed E-state index contributed by atoms with van der Waals surface area (Å²) in [5.41, 5.74) is 0. The maximum Gasteiger partial charge on any atom is 0.0924 e. The lowest BCUT2D eigenvalue weighted by Crippen LogP contribution is -2.26. The van der Waals surface area contributed by atoms with Crippen LogP contribution in [0.4, 0.5) is 0 Å². The number of hydrogen-bond donors (Lipinski definition) is 1. The van der Waals surface area contributed by atoms with E-state index < -0.39 is 0 Å². The number of nitriles is 1. The van der Waals surface area contributed by atoms with Crippen LogP contribution in [0.15, 0.2) is 17.5 Å². The van der Waals surface area contributed by atoms with Crippen LogP contribution in [0.25, 0.3) is 0 Å². The first-order chi connectivity index (χ1) is 5.83. The van der Waals surface area contributed by atoms with Gasteiger partial charge in [-0.05, 0) is 24.8 Å². The highest BCUT2D eigenvalue weighted by molar-refractivity contribution is 7.09. The van der Waals surface area contributed by atoms with Crippen LogP contribution < -0.4 is 5.32 Å². The van der Waals surface area contributed by atoms with Gasteiger partial charge in [0.2, 0.25) is 0 Å². The monoisotopic (exact) mass is 180 g/mol. The highest BCUT2D eigenvalue weighted by Gasteiger charge is 1.97. The Kier molecular flexibility index (Phi) is 3.78. The van der Waals surface area contributed by atoms with Gasteiger partial charge in [-0.2, -0.15) is 5.26 Å². The summed E-state index contributed by atoms with van der Waals surface area (Å²) < 4.78 is 0. The quantitative estimate of drug-likeness (QED) is 0.766. The fourth-order valence-electron chi connectivity index (χ4n) is 0.912. The molecule has 1 N–H and O–H groups in total. The average Bonchev–Trinajstić information content (AvgIpc) is 2.57. The van der Waals surface area contributed by atoms with Gasteiger partial charge >= 0.3 is 0 Å². The van der Waals surface area contributed by atoms with Gasteiger partial charge in [0, 0.05) is 11.4 Å². The third kappa shape index (κ3) is 3.04. The SMILES string of the molecule is CC(C#N)NCCc1cccs1. The van der Waals surface area contributed by atoms with Crippen LogP contribution in [0, 0.1) is 11.3 Å². The van der Waals surface area contributed by atoms with Crippen molar-refractivity contribution in [2.75, 3.05) is 6.54 Å². The van der Waals surface area contributed by atoms with Crippen LogP contribution in [0.1, 0.15) is 11.8 Å². The van der Waals surface area contributed by atoms with E-state index in [9.17, 15) is 0 Å². The van der Waals surface area contributed by atoms with Crippen LogP contribution in [0.3, 0.4) is 0 Å². The summed E-state index contributed by atoms with van der Waals surface area (Å²) in [6, 6.07) is 6.26. The molecule has 1 rings (SSSR count). The van der Waals surface area contributed by atoms with E-state index in [2.05, 4.69) is 22.8 Å². The lowest BCUT2D eigenvalue weighted by Gasteiger charge is -2.03. The summed E-state index contributed by atoms with van der Waals surface area (Å²) in [4.78, 5) is 1.37. The molecule has 0 aliphatic heterocycles. The first-order valence-corrected chi connectivity index (χ1v) is 4.86. The molecule has 0 bridgehead atoms. The van der Waals surface area contributed by atoms with E-state index >= 15 is 0 Å². The highest BCUT2D eigenvalue weighted by Crippen LogP contribution is 2.07. The summed E-state index contributed by atoms with van der Waals surface area (Å²) in [6.45, 7) is 2.75. The minimum atomic E-state index is -0.0371. The summed E-state index contributed by atoms with van der Waals surface area (Å²) >= 11 is 1.76. The van der Waals surface area contributed by atoms with Crippen molar-refractivity contribution in [3.05, 3.63) is 22.4 Å². The topological polar surface area (TPSA) is 35.8 Å². The Bertz CT molecular complexity index is 248. The zero-order valence-corrected chi connectivity index (χ0v) is 7.90. The second-order valence-electron chi connectivity index (χ2n) is 2.63. The van der Waals surface area contributed by atoms with E-state index in [1.807, 2.05) is 13.0 Å². The number of nitrogens with one attached hydrogen (secondary N) is 1. The lowest BCUT2D eigenvalue weighted by molar-refractivity contribution is 0.643. The van der Waals surface area contributed by atoms with Gasteiger partial charge in [-0.1, -0.05) is 6.07 Å². The normalized spacial score (nSPS) is 12.3. The Balaban J connectivity index is 2.16. The van der Waals surface area contributed by atoms with Crippen LogP contribution in [-0.4, -0.2) is 12.6 Å². The first kappa shape index (κ1) is 9.24. The zero-order chi connectivity index (χ0) is 8.81. The van der Waals surface area contributed by atoms with Gasteiger partial charge in [0.15, 0.2) is 0 Å². The molecule has 0 aliphatic rings. The second kappa shape index (κ2) is 4.91. The third-order valence-corrected chi connectivity index (χ3v) is 2.53. The van der Waals surface area contributed by atoms with Gasteiger partial charge in [0.05, 0.1) is 12.1 Å². The van der Waals surface area contributed by atoms with Crippen molar-refractivity contribution in [2.24, 2.45) is 0 Å². The fourth-order valence-corrected chi connectivity index (χ4v) is 1.62. The molecule has 1 aromatic rings. The lowest BCUT2D eigenvalue weighted by atomic mass is 10.3. The zero-order valence-electron chi connectivity index (χ0n) is 7.08. The molecule has 3 heteroatoms. The Morgan fingerprint density at radius 1 is 1.75 bits per heavy atom. The van der Waals surface area contributed by atoms with Crippen LogP contribution >= 0.6 is 11.3 Å². The van der Waals surface area contributed by atoms with Crippen molar-refractivity contribution in [2.45, 2.75) is 19.4 Å². The molecule has 0 aromatic carbocycles. The molecule has 1 unspecified atom stereocenters. The molecular formula is C9H12N2S.